The van der Waals surface area contributed by atoms with Gasteiger partial charge in [0.2, 0.25) is 0 Å². The molecule has 0 aliphatic carbocycles. The fourth-order valence-electron chi connectivity index (χ4n) is 1.11. The Bertz CT molecular complexity index is 509. The van der Waals surface area contributed by atoms with E-state index < -0.39 is 41.7 Å². The molecule has 1 rings (SSSR count). The van der Waals surface area contributed by atoms with Crippen LogP contribution in [0.15, 0.2) is 6.58 Å². The molecule has 0 aromatic heterocycles. The van der Waals surface area contributed by atoms with Crippen molar-refractivity contribution < 1.29 is 31.9 Å². The third-order valence-corrected chi connectivity index (χ3v) is 2.79. The summed E-state index contributed by atoms with van der Waals surface area (Å²) in [7, 11) is -5.28. The van der Waals surface area contributed by atoms with Crippen LogP contribution in [-0.4, -0.2) is 9.79 Å². The summed E-state index contributed by atoms with van der Waals surface area (Å²) >= 11 is 0. The summed E-state index contributed by atoms with van der Waals surface area (Å²) in [6, 6.07) is 0. The standard InChI is InChI=1S/C8H5F4O3P/c1-2-3-4(9)5(10)6(11)7(12)8(3)16(13,14)15/h2H,1H2,(H2,13,14,15). The number of benzene rings is 1. The summed E-state index contributed by atoms with van der Waals surface area (Å²) in [5.41, 5.74) is -1.09. The van der Waals surface area contributed by atoms with Gasteiger partial charge in [0.25, 0.3) is 0 Å². The molecular weight excluding hydrogens is 251 g/mol. The van der Waals surface area contributed by atoms with Gasteiger partial charge in [-0.25, -0.2) is 17.6 Å². The van der Waals surface area contributed by atoms with Crippen molar-refractivity contribution in [2.24, 2.45) is 0 Å². The molecule has 0 spiro atoms. The van der Waals surface area contributed by atoms with Gasteiger partial charge in [0.15, 0.2) is 23.3 Å². The average molecular weight is 256 g/mol. The van der Waals surface area contributed by atoms with E-state index in [1.807, 2.05) is 0 Å². The molecular formula is C8H5F4O3P. The Morgan fingerprint density at radius 2 is 1.44 bits per heavy atom. The van der Waals surface area contributed by atoms with Crippen LogP contribution >= 0.6 is 7.60 Å². The maximum Gasteiger partial charge on any atom is 0.360 e. The van der Waals surface area contributed by atoms with Crippen molar-refractivity contribution in [3.8, 4) is 0 Å². The Hall–Kier alpha value is -1.17. The molecule has 0 saturated carbocycles. The maximum absolute atomic E-state index is 13.1. The lowest BCUT2D eigenvalue weighted by Crippen LogP contribution is -2.19. The molecule has 8 heteroatoms. The minimum atomic E-state index is -5.28. The molecule has 0 bridgehead atoms. The molecule has 1 aromatic rings. The summed E-state index contributed by atoms with van der Waals surface area (Å²) in [6.45, 7) is 2.94. The van der Waals surface area contributed by atoms with Crippen molar-refractivity contribution in [1.29, 1.82) is 0 Å². The third-order valence-electron chi connectivity index (χ3n) is 1.77. The normalized spacial score (nSPS) is 11.6. The minimum Gasteiger partial charge on any atom is -0.321 e. The zero-order valence-corrected chi connectivity index (χ0v) is 8.44. The van der Waals surface area contributed by atoms with Crippen molar-refractivity contribution in [3.05, 3.63) is 35.4 Å². The Kier molecular flexibility index (Phi) is 3.23. The molecule has 2 N–H and O–H groups in total. The molecule has 0 heterocycles. The van der Waals surface area contributed by atoms with Crippen LogP contribution in [0.3, 0.4) is 0 Å². The van der Waals surface area contributed by atoms with E-state index in [9.17, 15) is 22.1 Å². The van der Waals surface area contributed by atoms with Gasteiger partial charge in [0.1, 0.15) is 5.30 Å². The topological polar surface area (TPSA) is 57.5 Å². The van der Waals surface area contributed by atoms with Crippen molar-refractivity contribution in [2.75, 3.05) is 0 Å². The highest BCUT2D eigenvalue weighted by Gasteiger charge is 2.33. The second-order valence-electron chi connectivity index (χ2n) is 2.77. The monoisotopic (exact) mass is 256 g/mol. The fourth-order valence-corrected chi connectivity index (χ4v) is 1.97. The second-order valence-corrected chi connectivity index (χ2v) is 4.30. The van der Waals surface area contributed by atoms with Crippen LogP contribution in [0.1, 0.15) is 5.56 Å². The van der Waals surface area contributed by atoms with Gasteiger partial charge in [-0.05, 0) is 0 Å². The molecule has 88 valence electrons. The highest BCUT2D eigenvalue weighted by atomic mass is 31.2. The van der Waals surface area contributed by atoms with Crippen LogP contribution in [0.25, 0.3) is 6.08 Å². The van der Waals surface area contributed by atoms with E-state index >= 15 is 0 Å². The smallest absolute Gasteiger partial charge is 0.321 e. The van der Waals surface area contributed by atoms with E-state index in [1.54, 1.807) is 0 Å². The van der Waals surface area contributed by atoms with E-state index in [0.29, 0.717) is 6.08 Å². The summed E-state index contributed by atoms with van der Waals surface area (Å²) in [5.74, 6) is -8.44. The summed E-state index contributed by atoms with van der Waals surface area (Å²) < 4.78 is 62.3. The molecule has 0 radical (unpaired) electrons. The highest BCUT2D eigenvalue weighted by molar-refractivity contribution is 7.60. The highest BCUT2D eigenvalue weighted by Crippen LogP contribution is 2.38. The fraction of sp³-hybridized carbons (Fsp3) is 0. The van der Waals surface area contributed by atoms with Crippen molar-refractivity contribution >= 4 is 19.0 Å². The predicted octanol–water partition coefficient (Wildman–Crippen LogP) is 1.69. The molecule has 0 atom stereocenters. The van der Waals surface area contributed by atoms with E-state index in [2.05, 4.69) is 6.58 Å². The number of hydrogen-bond donors (Lipinski definition) is 2. The van der Waals surface area contributed by atoms with E-state index in [-0.39, 0.29) is 0 Å². The first kappa shape index (κ1) is 12.9. The molecule has 16 heavy (non-hydrogen) atoms. The Morgan fingerprint density at radius 3 is 1.81 bits per heavy atom. The number of halogens is 4. The largest absolute Gasteiger partial charge is 0.360 e. The van der Waals surface area contributed by atoms with Gasteiger partial charge in [-0.15, -0.1) is 0 Å². The first-order chi connectivity index (χ1) is 7.21. The summed E-state index contributed by atoms with van der Waals surface area (Å²) in [5, 5.41) is -1.54. The van der Waals surface area contributed by atoms with Crippen LogP contribution in [0.4, 0.5) is 17.6 Å². The average Bonchev–Trinajstić information content (AvgIpc) is 2.18. The number of rotatable bonds is 2. The lowest BCUT2D eigenvalue weighted by atomic mass is 10.2. The first-order valence-electron chi connectivity index (χ1n) is 3.76. The van der Waals surface area contributed by atoms with Gasteiger partial charge in [-0.2, -0.15) is 0 Å². The SMILES string of the molecule is C=Cc1c(F)c(F)c(F)c(F)c1P(=O)(O)O. The molecule has 1 aromatic carbocycles. The first-order valence-corrected chi connectivity index (χ1v) is 5.37. The van der Waals surface area contributed by atoms with Crippen LogP contribution < -0.4 is 5.30 Å². The Morgan fingerprint density at radius 1 is 1.00 bits per heavy atom. The van der Waals surface area contributed by atoms with E-state index in [0.717, 1.165) is 0 Å². The summed E-state index contributed by atoms with van der Waals surface area (Å²) in [4.78, 5) is 17.4. The van der Waals surface area contributed by atoms with Crippen molar-refractivity contribution in [2.45, 2.75) is 0 Å². The molecule has 0 unspecified atom stereocenters. The van der Waals surface area contributed by atoms with Crippen molar-refractivity contribution in [1.82, 2.24) is 0 Å². The van der Waals surface area contributed by atoms with Crippen LogP contribution in [-0.2, 0) is 4.57 Å². The molecule has 0 amide bonds. The molecule has 0 aliphatic heterocycles. The van der Waals surface area contributed by atoms with Crippen molar-refractivity contribution in [3.63, 3.8) is 0 Å². The molecule has 3 nitrogen and oxygen atoms in total. The quantitative estimate of drug-likeness (QED) is 0.366. The zero-order chi connectivity index (χ0) is 12.7. The van der Waals surface area contributed by atoms with E-state index in [4.69, 9.17) is 9.79 Å². The van der Waals surface area contributed by atoms with Gasteiger partial charge in [-0.3, -0.25) is 4.57 Å². The minimum absolute atomic E-state index is 0.495. The molecule has 0 aliphatic rings. The number of hydrogen-bond acceptors (Lipinski definition) is 1. The Balaban J connectivity index is 3.86. The van der Waals surface area contributed by atoms with Crippen LogP contribution in [0, 0.1) is 23.3 Å². The van der Waals surface area contributed by atoms with Gasteiger partial charge < -0.3 is 9.79 Å². The van der Waals surface area contributed by atoms with Crippen LogP contribution in [0.5, 0.6) is 0 Å². The Labute approximate surface area is 87.2 Å². The summed E-state index contributed by atoms with van der Waals surface area (Å²) in [6.07, 6.45) is 0.495. The van der Waals surface area contributed by atoms with Gasteiger partial charge >= 0.3 is 7.60 Å². The molecule has 0 saturated heterocycles. The maximum atomic E-state index is 13.1. The lowest BCUT2D eigenvalue weighted by Gasteiger charge is -2.11. The lowest BCUT2D eigenvalue weighted by molar-refractivity contribution is 0.378. The third kappa shape index (κ3) is 1.89. The van der Waals surface area contributed by atoms with E-state index in [1.165, 1.54) is 0 Å². The van der Waals surface area contributed by atoms with Crippen LogP contribution in [0.2, 0.25) is 0 Å². The zero-order valence-electron chi connectivity index (χ0n) is 7.55. The molecule has 0 fully saturated rings. The predicted molar refractivity (Wildman–Crippen MR) is 48.0 cm³/mol. The van der Waals surface area contributed by atoms with Gasteiger partial charge in [0, 0.05) is 5.56 Å². The second kappa shape index (κ2) is 4.01. The van der Waals surface area contributed by atoms with Gasteiger partial charge in [0.05, 0.1) is 0 Å². The van der Waals surface area contributed by atoms with Gasteiger partial charge in [-0.1, -0.05) is 12.7 Å².